The molecule has 8 heteroatoms. The average Bonchev–Trinajstić information content (AvgIpc) is 2.84. The first-order valence-electron chi connectivity index (χ1n) is 5.84. The number of nitrogen functional groups attached to an aromatic ring is 1. The summed E-state index contributed by atoms with van der Waals surface area (Å²) in [6.07, 6.45) is -4.52. The fourth-order valence-electron chi connectivity index (χ4n) is 1.80. The van der Waals surface area contributed by atoms with Gasteiger partial charge in [0.2, 0.25) is 12.7 Å². The van der Waals surface area contributed by atoms with Gasteiger partial charge in [0.25, 0.3) is 0 Å². The van der Waals surface area contributed by atoms with Gasteiger partial charge in [0.15, 0.2) is 11.5 Å². The van der Waals surface area contributed by atoms with Gasteiger partial charge in [0.05, 0.1) is 5.56 Å². The molecule has 2 aromatic rings. The van der Waals surface area contributed by atoms with Crippen LogP contribution < -0.4 is 19.9 Å². The molecule has 0 bridgehead atoms. The van der Waals surface area contributed by atoms with E-state index in [2.05, 4.69) is 4.98 Å². The van der Waals surface area contributed by atoms with Crippen LogP contribution in [0.1, 0.15) is 5.56 Å². The van der Waals surface area contributed by atoms with E-state index in [-0.39, 0.29) is 24.2 Å². The van der Waals surface area contributed by atoms with Gasteiger partial charge >= 0.3 is 6.18 Å². The van der Waals surface area contributed by atoms with E-state index in [0.717, 1.165) is 12.1 Å². The van der Waals surface area contributed by atoms with E-state index in [1.54, 1.807) is 6.07 Å². The Morgan fingerprint density at radius 2 is 1.86 bits per heavy atom. The van der Waals surface area contributed by atoms with Gasteiger partial charge in [-0.05, 0) is 18.2 Å². The maximum atomic E-state index is 12.7. The van der Waals surface area contributed by atoms with Gasteiger partial charge in [0, 0.05) is 12.1 Å². The Kier molecular flexibility index (Phi) is 3.00. The first-order valence-corrected chi connectivity index (χ1v) is 5.84. The second-order valence-corrected chi connectivity index (χ2v) is 4.23. The van der Waals surface area contributed by atoms with Crippen LogP contribution in [0.5, 0.6) is 23.1 Å². The fraction of sp³-hybridized carbons (Fsp3) is 0.154. The molecule has 0 saturated carbocycles. The summed E-state index contributed by atoms with van der Waals surface area (Å²) >= 11 is 0. The third kappa shape index (κ3) is 2.78. The Balaban J connectivity index is 1.89. The van der Waals surface area contributed by atoms with Crippen molar-refractivity contribution in [1.82, 2.24) is 4.98 Å². The van der Waals surface area contributed by atoms with Crippen molar-refractivity contribution in [3.8, 4) is 23.1 Å². The minimum Gasteiger partial charge on any atom is -0.454 e. The number of benzene rings is 1. The van der Waals surface area contributed by atoms with Crippen LogP contribution in [-0.2, 0) is 6.18 Å². The molecule has 0 radical (unpaired) electrons. The SMILES string of the molecule is Nc1cc(C(F)(F)F)cc(Oc2ccc3c(c2)OCO3)n1. The number of hydrogen-bond donors (Lipinski definition) is 1. The largest absolute Gasteiger partial charge is 0.454 e. The molecule has 1 aliphatic rings. The van der Waals surface area contributed by atoms with E-state index in [1.165, 1.54) is 12.1 Å². The zero-order valence-electron chi connectivity index (χ0n) is 10.5. The van der Waals surface area contributed by atoms with E-state index in [4.69, 9.17) is 19.9 Å². The molecule has 21 heavy (non-hydrogen) atoms. The van der Waals surface area contributed by atoms with Gasteiger partial charge in [0.1, 0.15) is 11.6 Å². The van der Waals surface area contributed by atoms with Gasteiger partial charge in [-0.15, -0.1) is 0 Å². The molecular weight excluding hydrogens is 289 g/mol. The highest BCUT2D eigenvalue weighted by Crippen LogP contribution is 2.37. The number of nitrogens with zero attached hydrogens (tertiary/aromatic N) is 1. The predicted molar refractivity (Wildman–Crippen MR) is 66.3 cm³/mol. The first kappa shape index (κ1) is 13.3. The van der Waals surface area contributed by atoms with E-state index in [1.807, 2.05) is 0 Å². The highest BCUT2D eigenvalue weighted by atomic mass is 19.4. The number of rotatable bonds is 2. The monoisotopic (exact) mass is 298 g/mol. The van der Waals surface area contributed by atoms with Crippen LogP contribution in [0.4, 0.5) is 19.0 Å². The van der Waals surface area contributed by atoms with Crippen molar-refractivity contribution >= 4 is 5.82 Å². The molecule has 110 valence electrons. The number of hydrogen-bond acceptors (Lipinski definition) is 5. The summed E-state index contributed by atoms with van der Waals surface area (Å²) in [4.78, 5) is 3.72. The van der Waals surface area contributed by atoms with Crippen molar-refractivity contribution in [2.75, 3.05) is 12.5 Å². The molecule has 2 N–H and O–H groups in total. The third-order valence-corrected chi connectivity index (χ3v) is 2.72. The Morgan fingerprint density at radius 3 is 2.62 bits per heavy atom. The molecule has 0 fully saturated rings. The quantitative estimate of drug-likeness (QED) is 0.922. The summed E-state index contributed by atoms with van der Waals surface area (Å²) < 4.78 is 53.6. The van der Waals surface area contributed by atoms with Gasteiger partial charge in [-0.25, -0.2) is 0 Å². The number of ether oxygens (including phenoxy) is 3. The molecule has 1 aliphatic heterocycles. The van der Waals surface area contributed by atoms with Crippen LogP contribution in [0.15, 0.2) is 30.3 Å². The van der Waals surface area contributed by atoms with Crippen LogP contribution in [0, 0.1) is 0 Å². The Bertz CT molecular complexity index is 689. The van der Waals surface area contributed by atoms with Crippen molar-refractivity contribution in [3.05, 3.63) is 35.9 Å². The predicted octanol–water partition coefficient (Wildman–Crippen LogP) is 3.20. The molecule has 1 aromatic carbocycles. The second kappa shape index (κ2) is 4.72. The normalized spacial score (nSPS) is 13.3. The summed E-state index contributed by atoms with van der Waals surface area (Å²) in [6.45, 7) is 0.0908. The highest BCUT2D eigenvalue weighted by Gasteiger charge is 2.31. The third-order valence-electron chi connectivity index (χ3n) is 2.72. The molecule has 0 aliphatic carbocycles. The first-order chi connectivity index (χ1) is 9.91. The lowest BCUT2D eigenvalue weighted by atomic mass is 10.2. The van der Waals surface area contributed by atoms with Gasteiger partial charge < -0.3 is 19.9 Å². The summed E-state index contributed by atoms with van der Waals surface area (Å²) in [7, 11) is 0. The van der Waals surface area contributed by atoms with Crippen molar-refractivity contribution in [2.24, 2.45) is 0 Å². The topological polar surface area (TPSA) is 66.6 Å². The zero-order valence-corrected chi connectivity index (χ0v) is 10.5. The summed E-state index contributed by atoms with van der Waals surface area (Å²) in [5, 5.41) is 0. The van der Waals surface area contributed by atoms with Gasteiger partial charge in [-0.1, -0.05) is 0 Å². The summed E-state index contributed by atoms with van der Waals surface area (Å²) in [5.74, 6) is 0.735. The van der Waals surface area contributed by atoms with E-state index in [0.29, 0.717) is 11.5 Å². The minimum absolute atomic E-state index is 0.0908. The maximum absolute atomic E-state index is 12.7. The Hall–Kier alpha value is -2.64. The molecule has 0 spiro atoms. The molecule has 0 unspecified atom stereocenters. The molecule has 0 saturated heterocycles. The van der Waals surface area contributed by atoms with Crippen molar-refractivity contribution < 1.29 is 27.4 Å². The number of anilines is 1. The number of fused-ring (bicyclic) bond motifs is 1. The van der Waals surface area contributed by atoms with Gasteiger partial charge in [-0.2, -0.15) is 18.2 Å². The van der Waals surface area contributed by atoms with Crippen LogP contribution in [0.2, 0.25) is 0 Å². The van der Waals surface area contributed by atoms with Crippen molar-refractivity contribution in [2.45, 2.75) is 6.18 Å². The average molecular weight is 298 g/mol. The Labute approximate surface area is 117 Å². The molecule has 0 atom stereocenters. The summed E-state index contributed by atoms with van der Waals surface area (Å²) in [5.41, 5.74) is 4.44. The lowest BCUT2D eigenvalue weighted by Gasteiger charge is -2.10. The smallest absolute Gasteiger partial charge is 0.416 e. The number of alkyl halides is 3. The molecular formula is C13H9F3N2O3. The molecule has 1 aromatic heterocycles. The number of halogens is 3. The Morgan fingerprint density at radius 1 is 1.10 bits per heavy atom. The number of pyridine rings is 1. The van der Waals surface area contributed by atoms with Gasteiger partial charge in [-0.3, -0.25) is 0 Å². The van der Waals surface area contributed by atoms with Crippen molar-refractivity contribution in [3.63, 3.8) is 0 Å². The van der Waals surface area contributed by atoms with Crippen LogP contribution in [0.3, 0.4) is 0 Å². The number of nitrogens with two attached hydrogens (primary N) is 1. The van der Waals surface area contributed by atoms with Crippen LogP contribution in [0.25, 0.3) is 0 Å². The van der Waals surface area contributed by atoms with E-state index in [9.17, 15) is 13.2 Å². The molecule has 2 heterocycles. The zero-order chi connectivity index (χ0) is 15.0. The lowest BCUT2D eigenvalue weighted by Crippen LogP contribution is -2.07. The van der Waals surface area contributed by atoms with E-state index >= 15 is 0 Å². The van der Waals surface area contributed by atoms with Crippen molar-refractivity contribution in [1.29, 1.82) is 0 Å². The number of aromatic nitrogens is 1. The second-order valence-electron chi connectivity index (χ2n) is 4.23. The fourth-order valence-corrected chi connectivity index (χ4v) is 1.80. The molecule has 0 amide bonds. The maximum Gasteiger partial charge on any atom is 0.416 e. The molecule has 5 nitrogen and oxygen atoms in total. The minimum atomic E-state index is -4.52. The summed E-state index contributed by atoms with van der Waals surface area (Å²) in [6, 6.07) is 6.15. The van der Waals surface area contributed by atoms with Crippen LogP contribution in [-0.4, -0.2) is 11.8 Å². The molecule has 3 rings (SSSR count). The standard InChI is InChI=1S/C13H9F3N2O3/c14-13(15,16)7-3-11(17)18-12(4-7)21-8-1-2-9-10(5-8)20-6-19-9/h1-5H,6H2,(H2,17,18). The van der Waals surface area contributed by atoms with E-state index < -0.39 is 11.7 Å². The van der Waals surface area contributed by atoms with Crippen LogP contribution >= 0.6 is 0 Å². The lowest BCUT2D eigenvalue weighted by molar-refractivity contribution is -0.137. The highest BCUT2D eigenvalue weighted by molar-refractivity contribution is 5.48.